The van der Waals surface area contributed by atoms with E-state index in [1.807, 2.05) is 12.0 Å². The predicted octanol–water partition coefficient (Wildman–Crippen LogP) is 1.55. The topological polar surface area (TPSA) is 3.01 Å². The van der Waals surface area contributed by atoms with Gasteiger partial charge in [0.15, 0.2) is 0 Å². The molecule has 1 aliphatic heterocycles. The zero-order chi connectivity index (χ0) is 13.9. The Morgan fingerprint density at radius 3 is 1.74 bits per heavy atom. The molecule has 1 saturated heterocycles. The predicted molar refractivity (Wildman–Crippen MR) is 71.4 cm³/mol. The first-order valence-electron chi connectivity index (χ1n) is 6.50. The molecule has 0 radical (unpaired) electrons. The third-order valence-corrected chi connectivity index (χ3v) is 10.4. The molecule has 1 fully saturated rings. The number of fused-ring (bicyclic) bond motifs is 1. The monoisotopic (exact) mass is 409 g/mol. The number of hydrogen-bond acceptors (Lipinski definition) is 0. The van der Waals surface area contributed by atoms with Gasteiger partial charge in [0.1, 0.15) is 0 Å². The van der Waals surface area contributed by atoms with Gasteiger partial charge in [0.25, 0.3) is 0 Å². The Morgan fingerprint density at radius 2 is 1.26 bits per heavy atom. The van der Waals surface area contributed by atoms with Crippen LogP contribution in [0.4, 0.5) is 17.3 Å². The maximum Gasteiger partial charge on any atom is 0.673 e. The summed E-state index contributed by atoms with van der Waals surface area (Å²) in [7, 11) is -6.00. The van der Waals surface area contributed by atoms with Crippen LogP contribution in [0.15, 0.2) is 0 Å². The average molecular weight is 407 g/mol. The number of piperidine rings is 1. The van der Waals surface area contributed by atoms with Crippen LogP contribution in [0.25, 0.3) is 0 Å². The Hall–Kier alpha value is 0.234. The molecular formula is C11H16BF4NSe2. The van der Waals surface area contributed by atoms with Gasteiger partial charge in [-0.25, -0.2) is 0 Å². The normalized spacial score (nSPS) is 18.8. The molecule has 8 heteroatoms. The largest absolute Gasteiger partial charge is 0.673 e. The first-order valence-corrected chi connectivity index (χ1v) is 9.93. The van der Waals surface area contributed by atoms with E-state index in [1.165, 1.54) is 51.6 Å². The fraction of sp³-hybridized carbons (Fsp3) is 0.727. The summed E-state index contributed by atoms with van der Waals surface area (Å²) in [6.45, 7) is 2.75. The molecule has 1 aromatic rings. The molecule has 1 nitrogen and oxygen atoms in total. The minimum atomic E-state index is -6.00. The third-order valence-electron chi connectivity index (χ3n) is 3.15. The van der Waals surface area contributed by atoms with Crippen LogP contribution < -0.4 is 7.68 Å². The fourth-order valence-corrected chi connectivity index (χ4v) is 10.1. The molecule has 2 aliphatic rings. The van der Waals surface area contributed by atoms with Gasteiger partial charge in [-0.05, 0) is 0 Å². The van der Waals surface area contributed by atoms with Gasteiger partial charge in [0.2, 0.25) is 0 Å². The van der Waals surface area contributed by atoms with Gasteiger partial charge in [-0.3, -0.25) is 0 Å². The van der Waals surface area contributed by atoms with Crippen LogP contribution in [-0.2, 0) is 12.8 Å². The molecule has 0 amide bonds. The van der Waals surface area contributed by atoms with Crippen molar-refractivity contribution in [3.8, 4) is 0 Å². The van der Waals surface area contributed by atoms with Crippen molar-refractivity contribution in [2.75, 3.05) is 13.1 Å². The molecule has 3 rings (SSSR count). The van der Waals surface area contributed by atoms with Gasteiger partial charge >= 0.3 is 104 Å². The molecule has 0 unspecified atom stereocenters. The third kappa shape index (κ3) is 5.26. The van der Waals surface area contributed by atoms with Crippen molar-refractivity contribution in [2.45, 2.75) is 38.5 Å². The molecular weight excluding hydrogens is 391 g/mol. The second-order valence-electron chi connectivity index (χ2n) is 4.71. The molecule has 0 spiro atoms. The van der Waals surface area contributed by atoms with Gasteiger partial charge < -0.3 is 17.3 Å². The van der Waals surface area contributed by atoms with E-state index in [9.17, 15) is 17.3 Å². The molecule has 19 heavy (non-hydrogen) atoms. The summed E-state index contributed by atoms with van der Waals surface area (Å²) in [5, 5.41) is 0. The van der Waals surface area contributed by atoms with Crippen molar-refractivity contribution in [3.05, 3.63) is 12.0 Å². The van der Waals surface area contributed by atoms with Crippen LogP contribution in [0.3, 0.4) is 0 Å². The van der Waals surface area contributed by atoms with Crippen LogP contribution in [0.2, 0.25) is 0 Å². The minimum Gasteiger partial charge on any atom is -0.418 e. The first kappa shape index (κ1) is 15.6. The van der Waals surface area contributed by atoms with E-state index in [0.29, 0.717) is 0 Å². The fourth-order valence-electron chi connectivity index (χ4n) is 2.34. The van der Waals surface area contributed by atoms with E-state index in [0.717, 1.165) is 29.0 Å². The van der Waals surface area contributed by atoms with Crippen molar-refractivity contribution in [1.82, 2.24) is 4.58 Å². The number of halogens is 4. The number of nitrogens with zero attached hydrogens (tertiary/aromatic N) is 1. The van der Waals surface area contributed by atoms with E-state index in [4.69, 9.17) is 0 Å². The van der Waals surface area contributed by atoms with E-state index in [2.05, 4.69) is 4.58 Å². The van der Waals surface area contributed by atoms with Crippen molar-refractivity contribution >= 4 is 36.3 Å². The first-order chi connectivity index (χ1) is 8.93. The molecule has 0 atom stereocenters. The van der Waals surface area contributed by atoms with Gasteiger partial charge in [0.05, 0.1) is 0 Å². The zero-order valence-electron chi connectivity index (χ0n) is 10.5. The summed E-state index contributed by atoms with van der Waals surface area (Å²) in [5.41, 5.74) is 0. The summed E-state index contributed by atoms with van der Waals surface area (Å²) in [5.74, 6) is 0. The van der Waals surface area contributed by atoms with Crippen LogP contribution >= 0.6 is 0 Å². The second kappa shape index (κ2) is 6.79. The van der Waals surface area contributed by atoms with Crippen LogP contribution in [0, 0.1) is 0 Å². The molecule has 108 valence electrons. The second-order valence-corrected chi connectivity index (χ2v) is 10.6. The summed E-state index contributed by atoms with van der Waals surface area (Å²) in [6, 6.07) is 0. The van der Waals surface area contributed by atoms with Crippen molar-refractivity contribution in [2.24, 2.45) is 0 Å². The quantitative estimate of drug-likeness (QED) is 0.349. The summed E-state index contributed by atoms with van der Waals surface area (Å²) < 4.78 is 47.4. The van der Waals surface area contributed by atoms with E-state index >= 15 is 0 Å². The smallest absolute Gasteiger partial charge is 0.418 e. The molecule has 2 heterocycles. The Bertz CT molecular complexity index is 453. The van der Waals surface area contributed by atoms with Crippen LogP contribution in [0.1, 0.15) is 34.6 Å². The minimum absolute atomic E-state index is 0.795. The van der Waals surface area contributed by atoms with Crippen molar-refractivity contribution in [1.29, 1.82) is 0 Å². The number of rotatable bonds is 0. The van der Waals surface area contributed by atoms with Crippen LogP contribution in [0.5, 0.6) is 0 Å². The Balaban J connectivity index is 0.000000232. The van der Waals surface area contributed by atoms with Gasteiger partial charge in [-0.1, -0.05) is 0 Å². The van der Waals surface area contributed by atoms with Crippen molar-refractivity contribution in [3.63, 3.8) is 0 Å². The molecule has 0 aromatic carbocycles. The molecule has 0 N–H and O–H groups in total. The maximum atomic E-state index is 9.75. The molecule has 1 aliphatic carbocycles. The van der Waals surface area contributed by atoms with E-state index in [1.54, 1.807) is 0 Å². The number of aryl methyl sites for hydroxylation is 2. The summed E-state index contributed by atoms with van der Waals surface area (Å²) >= 11 is 1.59. The molecule has 1 aromatic heterocycles. The van der Waals surface area contributed by atoms with Gasteiger partial charge in [-0.15, -0.1) is 0 Å². The molecule has 0 saturated carbocycles. The van der Waals surface area contributed by atoms with E-state index < -0.39 is 7.25 Å². The van der Waals surface area contributed by atoms with E-state index in [-0.39, 0.29) is 0 Å². The standard InChI is InChI=1S/C11H16NSe2.BF4/c1-2-7-12(8-3-1)11-13-9-5-4-6-10(9)14-11;2-1(3,4)5/h1-8H2;/q+1;-1. The Labute approximate surface area is 121 Å². The maximum absolute atomic E-state index is 9.75. The molecule has 0 bridgehead atoms. The van der Waals surface area contributed by atoms with Gasteiger partial charge in [-0.2, -0.15) is 0 Å². The Morgan fingerprint density at radius 1 is 0.789 bits per heavy atom. The summed E-state index contributed by atoms with van der Waals surface area (Å²) in [4.78, 5) is 0. The zero-order valence-corrected chi connectivity index (χ0v) is 13.9. The SMILES string of the molecule is C1CC[N+](=c2[se]c3c([se]2)CCC3)CC1.F[B-](F)(F)F. The number of hydrogen-bond donors (Lipinski definition) is 0. The van der Waals surface area contributed by atoms with Crippen LogP contribution in [-0.4, -0.2) is 49.4 Å². The van der Waals surface area contributed by atoms with Crippen molar-refractivity contribution < 1.29 is 17.3 Å². The van der Waals surface area contributed by atoms with Gasteiger partial charge in [0, 0.05) is 0 Å². The summed E-state index contributed by atoms with van der Waals surface area (Å²) in [6.07, 6.45) is 8.74. The average Bonchev–Trinajstić information content (AvgIpc) is 2.87. The Kier molecular flexibility index (Phi) is 5.58.